The number of aromatic nitrogens is 2. The molecule has 0 radical (unpaired) electrons. The second kappa shape index (κ2) is 7.89. The Bertz CT molecular complexity index is 1010. The van der Waals surface area contributed by atoms with Crippen molar-refractivity contribution >= 4 is 29.0 Å². The van der Waals surface area contributed by atoms with Crippen molar-refractivity contribution in [2.24, 2.45) is 0 Å². The van der Waals surface area contributed by atoms with E-state index in [4.69, 9.17) is 9.84 Å². The largest absolute Gasteiger partial charge is 0.462 e. The molecular weight excluding hydrogens is 350 g/mol. The van der Waals surface area contributed by atoms with Gasteiger partial charge in [-0.3, -0.25) is 5.01 Å². The molecule has 2 heterocycles. The first-order chi connectivity index (χ1) is 13.7. The summed E-state index contributed by atoms with van der Waals surface area (Å²) < 4.78 is 5.17. The fourth-order valence-corrected chi connectivity index (χ4v) is 3.55. The van der Waals surface area contributed by atoms with Crippen molar-refractivity contribution in [2.75, 3.05) is 24.7 Å². The zero-order valence-electron chi connectivity index (χ0n) is 16.4. The van der Waals surface area contributed by atoms with E-state index >= 15 is 0 Å². The molecule has 2 aromatic carbocycles. The maximum atomic E-state index is 12.2. The number of hydrogen-bond donors (Lipinski definition) is 0. The monoisotopic (exact) mass is 375 g/mol. The standard InChI is InChI=1S/C23H25N3O2/c1-3-28-23(27)19-11-12-21-20(16-19)22(26(24-21)25-14-4-5-15-25)13-10-18-8-6-17(2)7-9-18/h6-13,16H,3-5,14-15H2,1-2H3/b13-10+. The minimum Gasteiger partial charge on any atom is -0.462 e. The van der Waals surface area contributed by atoms with E-state index in [0.717, 1.165) is 35.2 Å². The van der Waals surface area contributed by atoms with Crippen LogP contribution in [0.1, 0.15) is 46.9 Å². The van der Waals surface area contributed by atoms with Crippen LogP contribution in [0, 0.1) is 6.92 Å². The van der Waals surface area contributed by atoms with Crippen molar-refractivity contribution in [1.29, 1.82) is 0 Å². The van der Waals surface area contributed by atoms with Gasteiger partial charge in [0, 0.05) is 18.5 Å². The minimum atomic E-state index is -0.299. The van der Waals surface area contributed by atoms with Crippen LogP contribution in [0.25, 0.3) is 23.1 Å². The number of ether oxygens (including phenoxy) is 1. The highest BCUT2D eigenvalue weighted by molar-refractivity contribution is 5.97. The summed E-state index contributed by atoms with van der Waals surface area (Å²) in [6.07, 6.45) is 6.53. The van der Waals surface area contributed by atoms with E-state index in [0.29, 0.717) is 12.2 Å². The number of nitrogens with zero attached hydrogens (tertiary/aromatic N) is 3. The number of carbonyl (C=O) groups excluding carboxylic acids is 1. The van der Waals surface area contributed by atoms with E-state index in [2.05, 4.69) is 48.4 Å². The molecule has 4 rings (SSSR count). The molecule has 0 amide bonds. The number of hydrogen-bond acceptors (Lipinski definition) is 4. The summed E-state index contributed by atoms with van der Waals surface area (Å²) in [5, 5.41) is 8.03. The molecule has 5 nitrogen and oxygen atoms in total. The summed E-state index contributed by atoms with van der Waals surface area (Å²) in [5.74, 6) is -0.299. The van der Waals surface area contributed by atoms with Crippen molar-refractivity contribution in [2.45, 2.75) is 26.7 Å². The number of carbonyl (C=O) groups is 1. The van der Waals surface area contributed by atoms with Crippen molar-refractivity contribution < 1.29 is 9.53 Å². The molecule has 0 N–H and O–H groups in total. The SMILES string of the molecule is CCOC(=O)c1ccc2nn(N3CCCC3)c(/C=C/c3ccc(C)cc3)c2c1. The summed E-state index contributed by atoms with van der Waals surface area (Å²) in [5.41, 5.74) is 4.80. The molecular formula is C23H25N3O2. The first-order valence-corrected chi connectivity index (χ1v) is 9.85. The molecule has 1 saturated heterocycles. The Balaban J connectivity index is 1.79. The number of benzene rings is 2. The number of aryl methyl sites for hydroxylation is 1. The van der Waals surface area contributed by atoms with Crippen LogP contribution in [0.4, 0.5) is 0 Å². The first-order valence-electron chi connectivity index (χ1n) is 9.85. The van der Waals surface area contributed by atoms with Gasteiger partial charge < -0.3 is 4.74 Å². The lowest BCUT2D eigenvalue weighted by atomic mass is 10.1. The fourth-order valence-electron chi connectivity index (χ4n) is 3.55. The Hall–Kier alpha value is -3.08. The van der Waals surface area contributed by atoms with Gasteiger partial charge in [0.15, 0.2) is 0 Å². The minimum absolute atomic E-state index is 0.299. The van der Waals surface area contributed by atoms with Crippen LogP contribution in [0.5, 0.6) is 0 Å². The third kappa shape index (κ3) is 3.65. The van der Waals surface area contributed by atoms with Crippen LogP contribution in [-0.4, -0.2) is 35.6 Å². The molecule has 1 fully saturated rings. The molecule has 0 bridgehead atoms. The smallest absolute Gasteiger partial charge is 0.338 e. The molecule has 3 aromatic rings. The summed E-state index contributed by atoms with van der Waals surface area (Å²) >= 11 is 0. The average molecular weight is 375 g/mol. The summed E-state index contributed by atoms with van der Waals surface area (Å²) in [7, 11) is 0. The van der Waals surface area contributed by atoms with Gasteiger partial charge in [0.25, 0.3) is 0 Å². The van der Waals surface area contributed by atoms with Gasteiger partial charge in [0.2, 0.25) is 0 Å². The van der Waals surface area contributed by atoms with Gasteiger partial charge in [-0.05, 0) is 56.5 Å². The van der Waals surface area contributed by atoms with Crippen molar-refractivity contribution in [3.05, 3.63) is 64.8 Å². The molecule has 144 valence electrons. The van der Waals surface area contributed by atoms with E-state index < -0.39 is 0 Å². The van der Waals surface area contributed by atoms with Gasteiger partial charge in [0.1, 0.15) is 0 Å². The van der Waals surface area contributed by atoms with E-state index in [1.54, 1.807) is 6.07 Å². The highest BCUT2D eigenvalue weighted by Gasteiger charge is 2.19. The number of esters is 1. The van der Waals surface area contributed by atoms with Gasteiger partial charge in [-0.25, -0.2) is 4.79 Å². The number of rotatable bonds is 5. The lowest BCUT2D eigenvalue weighted by molar-refractivity contribution is 0.0526. The zero-order chi connectivity index (χ0) is 19.5. The third-order valence-electron chi connectivity index (χ3n) is 5.06. The maximum absolute atomic E-state index is 12.2. The third-order valence-corrected chi connectivity index (χ3v) is 5.06. The van der Waals surface area contributed by atoms with Crippen LogP contribution in [0.2, 0.25) is 0 Å². The highest BCUT2D eigenvalue weighted by Crippen LogP contribution is 2.24. The lowest BCUT2D eigenvalue weighted by Gasteiger charge is -2.19. The molecule has 1 aliphatic rings. The summed E-state index contributed by atoms with van der Waals surface area (Å²) in [6, 6.07) is 14.0. The van der Waals surface area contributed by atoms with Crippen molar-refractivity contribution in [3.63, 3.8) is 0 Å². The van der Waals surface area contributed by atoms with E-state index in [-0.39, 0.29) is 5.97 Å². The quantitative estimate of drug-likeness (QED) is 0.619. The molecule has 0 atom stereocenters. The average Bonchev–Trinajstić information content (AvgIpc) is 3.35. The second-order valence-electron chi connectivity index (χ2n) is 7.13. The fraction of sp³-hybridized carbons (Fsp3) is 0.304. The second-order valence-corrected chi connectivity index (χ2v) is 7.13. The topological polar surface area (TPSA) is 47.4 Å². The van der Waals surface area contributed by atoms with Crippen molar-refractivity contribution in [1.82, 2.24) is 9.89 Å². The predicted octanol–water partition coefficient (Wildman–Crippen LogP) is 4.42. The molecule has 1 aromatic heterocycles. The molecule has 28 heavy (non-hydrogen) atoms. The molecule has 0 saturated carbocycles. The van der Waals surface area contributed by atoms with Crippen LogP contribution < -0.4 is 5.01 Å². The van der Waals surface area contributed by atoms with Gasteiger partial charge in [0.05, 0.1) is 23.4 Å². The van der Waals surface area contributed by atoms with Gasteiger partial charge >= 0.3 is 5.97 Å². The highest BCUT2D eigenvalue weighted by atomic mass is 16.5. The summed E-state index contributed by atoms with van der Waals surface area (Å²) in [6.45, 7) is 6.25. The Morgan fingerprint density at radius 2 is 1.86 bits per heavy atom. The molecule has 5 heteroatoms. The number of fused-ring (bicyclic) bond motifs is 1. The Labute approximate surface area is 165 Å². The molecule has 1 aliphatic heterocycles. The zero-order valence-corrected chi connectivity index (χ0v) is 16.4. The summed E-state index contributed by atoms with van der Waals surface area (Å²) in [4.78, 5) is 14.2. The lowest BCUT2D eigenvalue weighted by Crippen LogP contribution is -2.33. The van der Waals surface area contributed by atoms with Crippen LogP contribution in [0.15, 0.2) is 42.5 Å². The van der Waals surface area contributed by atoms with E-state index in [9.17, 15) is 4.79 Å². The van der Waals surface area contributed by atoms with E-state index in [1.165, 1.54) is 18.4 Å². The van der Waals surface area contributed by atoms with Gasteiger partial charge in [-0.15, -0.1) is 0 Å². The molecule has 0 unspecified atom stereocenters. The van der Waals surface area contributed by atoms with E-state index in [1.807, 2.05) is 23.8 Å². The van der Waals surface area contributed by atoms with Crippen LogP contribution in [-0.2, 0) is 4.74 Å². The Morgan fingerprint density at radius 3 is 2.57 bits per heavy atom. The van der Waals surface area contributed by atoms with Gasteiger partial charge in [-0.2, -0.15) is 9.89 Å². The Kier molecular flexibility index (Phi) is 5.15. The first kappa shape index (κ1) is 18.3. The van der Waals surface area contributed by atoms with Gasteiger partial charge in [-0.1, -0.05) is 35.9 Å². The normalized spacial score (nSPS) is 14.3. The molecule has 0 aliphatic carbocycles. The Morgan fingerprint density at radius 1 is 1.11 bits per heavy atom. The molecule has 0 spiro atoms. The van der Waals surface area contributed by atoms with Crippen LogP contribution >= 0.6 is 0 Å². The van der Waals surface area contributed by atoms with Crippen molar-refractivity contribution in [3.8, 4) is 0 Å². The maximum Gasteiger partial charge on any atom is 0.338 e. The predicted molar refractivity (Wildman–Crippen MR) is 113 cm³/mol. The van der Waals surface area contributed by atoms with Crippen LogP contribution in [0.3, 0.4) is 0 Å².